The Balaban J connectivity index is 2.63. The van der Waals surface area contributed by atoms with Crippen molar-refractivity contribution in [1.29, 1.82) is 0 Å². The minimum Gasteiger partial charge on any atom is -0.392 e. The van der Waals surface area contributed by atoms with Crippen LogP contribution in [0.1, 0.15) is 18.1 Å². The molecule has 0 amide bonds. The quantitative estimate of drug-likeness (QED) is 0.744. The monoisotopic (exact) mass is 191 g/mol. The van der Waals surface area contributed by atoms with Crippen LogP contribution in [0.5, 0.6) is 0 Å². The molecule has 1 aromatic rings. The maximum atomic E-state index is 8.64. The van der Waals surface area contributed by atoms with Gasteiger partial charge in [-0.3, -0.25) is 0 Å². The Hall–Kier alpha value is -1.12. The molecule has 1 aromatic carbocycles. The van der Waals surface area contributed by atoms with Gasteiger partial charge in [0, 0.05) is 6.54 Å². The first kappa shape index (κ1) is 11.0. The summed E-state index contributed by atoms with van der Waals surface area (Å²) in [4.78, 5) is 0. The number of nitrogens with one attached hydrogen (secondary N) is 1. The smallest absolute Gasteiger partial charge is 0.0615 e. The van der Waals surface area contributed by atoms with Crippen molar-refractivity contribution in [1.82, 2.24) is 5.32 Å². The van der Waals surface area contributed by atoms with Crippen molar-refractivity contribution in [3.63, 3.8) is 0 Å². The van der Waals surface area contributed by atoms with E-state index in [2.05, 4.69) is 24.4 Å². The van der Waals surface area contributed by atoms with Crippen molar-refractivity contribution in [2.45, 2.75) is 13.5 Å². The van der Waals surface area contributed by atoms with Crippen LogP contribution in [0.3, 0.4) is 0 Å². The lowest BCUT2D eigenvalue weighted by molar-refractivity contribution is 0.343. The molecule has 0 bridgehead atoms. The molecule has 0 aliphatic heterocycles. The van der Waals surface area contributed by atoms with Crippen molar-refractivity contribution in [2.75, 3.05) is 13.2 Å². The Morgan fingerprint density at radius 1 is 1.43 bits per heavy atom. The van der Waals surface area contributed by atoms with Gasteiger partial charge in [0.25, 0.3) is 0 Å². The van der Waals surface area contributed by atoms with Gasteiger partial charge in [-0.2, -0.15) is 0 Å². The molecule has 0 radical (unpaired) electrons. The van der Waals surface area contributed by atoms with Crippen molar-refractivity contribution in [2.24, 2.45) is 0 Å². The van der Waals surface area contributed by atoms with Gasteiger partial charge < -0.3 is 10.4 Å². The van der Waals surface area contributed by atoms with Gasteiger partial charge in [-0.1, -0.05) is 43.3 Å². The predicted octanol–water partition coefficient (Wildman–Crippen LogP) is 1.80. The van der Waals surface area contributed by atoms with Crippen LogP contribution in [0.4, 0.5) is 0 Å². The summed E-state index contributed by atoms with van der Waals surface area (Å²) in [7, 11) is 0. The molecule has 0 atom stereocenters. The lowest BCUT2D eigenvalue weighted by Gasteiger charge is -2.02. The van der Waals surface area contributed by atoms with Crippen LogP contribution in [-0.2, 0) is 6.54 Å². The van der Waals surface area contributed by atoms with E-state index in [9.17, 15) is 0 Å². The van der Waals surface area contributed by atoms with E-state index in [1.54, 1.807) is 6.08 Å². The number of hydrogen-bond donors (Lipinski definition) is 2. The van der Waals surface area contributed by atoms with Gasteiger partial charge >= 0.3 is 0 Å². The van der Waals surface area contributed by atoms with Gasteiger partial charge in [-0.25, -0.2) is 0 Å². The predicted molar refractivity (Wildman–Crippen MR) is 59.9 cm³/mol. The molecule has 0 unspecified atom stereocenters. The third-order valence-electron chi connectivity index (χ3n) is 1.95. The second kappa shape index (κ2) is 6.35. The van der Waals surface area contributed by atoms with E-state index in [-0.39, 0.29) is 6.61 Å². The molecule has 0 spiro atoms. The topological polar surface area (TPSA) is 32.3 Å². The molecular weight excluding hydrogens is 174 g/mol. The fourth-order valence-electron chi connectivity index (χ4n) is 1.26. The van der Waals surface area contributed by atoms with E-state index in [0.717, 1.165) is 18.7 Å². The number of aliphatic hydroxyl groups is 1. The van der Waals surface area contributed by atoms with Crippen molar-refractivity contribution >= 4 is 6.08 Å². The highest BCUT2D eigenvalue weighted by atomic mass is 16.2. The van der Waals surface area contributed by atoms with Crippen LogP contribution in [0, 0.1) is 0 Å². The molecule has 0 saturated heterocycles. The van der Waals surface area contributed by atoms with E-state index < -0.39 is 0 Å². The lowest BCUT2D eigenvalue weighted by atomic mass is 10.1. The molecule has 0 heterocycles. The molecular formula is C12H17NO. The molecule has 2 nitrogen and oxygen atoms in total. The lowest BCUT2D eigenvalue weighted by Crippen LogP contribution is -2.11. The van der Waals surface area contributed by atoms with E-state index in [1.165, 1.54) is 5.56 Å². The van der Waals surface area contributed by atoms with Crippen LogP contribution in [-0.4, -0.2) is 18.3 Å². The van der Waals surface area contributed by atoms with Gasteiger partial charge in [-0.05, 0) is 17.7 Å². The molecule has 0 aliphatic carbocycles. The highest BCUT2D eigenvalue weighted by Gasteiger charge is 1.91. The second-order valence-corrected chi connectivity index (χ2v) is 3.11. The number of rotatable bonds is 5. The Morgan fingerprint density at radius 3 is 3.00 bits per heavy atom. The summed E-state index contributed by atoms with van der Waals surface area (Å²) in [5.41, 5.74) is 2.40. The summed E-state index contributed by atoms with van der Waals surface area (Å²) < 4.78 is 0. The van der Waals surface area contributed by atoms with E-state index in [1.807, 2.05) is 18.2 Å². The fourth-order valence-corrected chi connectivity index (χ4v) is 1.26. The first-order valence-electron chi connectivity index (χ1n) is 4.94. The average molecular weight is 191 g/mol. The van der Waals surface area contributed by atoms with Crippen LogP contribution >= 0.6 is 0 Å². The summed E-state index contributed by atoms with van der Waals surface area (Å²) >= 11 is 0. The van der Waals surface area contributed by atoms with E-state index in [0.29, 0.717) is 0 Å². The molecule has 0 fully saturated rings. The summed E-state index contributed by atoms with van der Waals surface area (Å²) in [5, 5.41) is 11.9. The molecule has 1 rings (SSSR count). The van der Waals surface area contributed by atoms with E-state index >= 15 is 0 Å². The molecule has 2 heteroatoms. The maximum Gasteiger partial charge on any atom is 0.0615 e. The number of hydrogen-bond acceptors (Lipinski definition) is 2. The minimum absolute atomic E-state index is 0.0947. The van der Waals surface area contributed by atoms with Crippen LogP contribution in [0.15, 0.2) is 30.3 Å². The minimum atomic E-state index is 0.0947. The standard InChI is InChI=1S/C12H17NO/c1-2-13-10-12-6-3-5-11(9-12)7-4-8-14/h3-7,9,13-14H,2,8,10H2,1H3. The zero-order valence-corrected chi connectivity index (χ0v) is 8.53. The highest BCUT2D eigenvalue weighted by molar-refractivity contribution is 5.50. The Kier molecular flexibility index (Phi) is 4.97. The van der Waals surface area contributed by atoms with Crippen LogP contribution < -0.4 is 5.32 Å². The molecule has 2 N–H and O–H groups in total. The molecule has 14 heavy (non-hydrogen) atoms. The Labute approximate surface area is 85.3 Å². The summed E-state index contributed by atoms with van der Waals surface area (Å²) in [6.07, 6.45) is 3.67. The number of benzene rings is 1. The number of aliphatic hydroxyl groups excluding tert-OH is 1. The van der Waals surface area contributed by atoms with Gasteiger partial charge in [0.15, 0.2) is 0 Å². The van der Waals surface area contributed by atoms with Gasteiger partial charge in [0.05, 0.1) is 6.61 Å². The normalized spacial score (nSPS) is 11.0. The summed E-state index contributed by atoms with van der Waals surface area (Å²) in [6, 6.07) is 8.28. The Bertz CT molecular complexity index is 294. The molecule has 0 aromatic heterocycles. The third kappa shape index (κ3) is 3.73. The zero-order chi connectivity index (χ0) is 10.2. The maximum absolute atomic E-state index is 8.64. The molecule has 0 saturated carbocycles. The zero-order valence-electron chi connectivity index (χ0n) is 8.53. The summed E-state index contributed by atoms with van der Waals surface area (Å²) in [6.45, 7) is 4.07. The van der Waals surface area contributed by atoms with E-state index in [4.69, 9.17) is 5.11 Å². The molecule has 0 aliphatic rings. The van der Waals surface area contributed by atoms with Gasteiger partial charge in [0.1, 0.15) is 0 Å². The first-order chi connectivity index (χ1) is 6.86. The largest absolute Gasteiger partial charge is 0.392 e. The fraction of sp³-hybridized carbons (Fsp3) is 0.333. The first-order valence-corrected chi connectivity index (χ1v) is 4.94. The third-order valence-corrected chi connectivity index (χ3v) is 1.95. The molecule has 76 valence electrons. The van der Waals surface area contributed by atoms with Crippen LogP contribution in [0.25, 0.3) is 6.08 Å². The van der Waals surface area contributed by atoms with Crippen molar-refractivity contribution in [3.05, 3.63) is 41.5 Å². The summed E-state index contributed by atoms with van der Waals surface area (Å²) in [5.74, 6) is 0. The van der Waals surface area contributed by atoms with Gasteiger partial charge in [0.2, 0.25) is 0 Å². The van der Waals surface area contributed by atoms with Crippen LogP contribution in [0.2, 0.25) is 0 Å². The van der Waals surface area contributed by atoms with Crippen molar-refractivity contribution < 1.29 is 5.11 Å². The highest BCUT2D eigenvalue weighted by Crippen LogP contribution is 2.06. The SMILES string of the molecule is CCNCc1cccc(C=CCO)c1. The Morgan fingerprint density at radius 2 is 2.29 bits per heavy atom. The van der Waals surface area contributed by atoms with Gasteiger partial charge in [-0.15, -0.1) is 0 Å². The van der Waals surface area contributed by atoms with Crippen molar-refractivity contribution in [3.8, 4) is 0 Å². The average Bonchev–Trinajstić information content (AvgIpc) is 2.24. The second-order valence-electron chi connectivity index (χ2n) is 3.11.